The molecule has 0 saturated heterocycles. The average molecular weight is 305 g/mol. The molecule has 0 radical (unpaired) electrons. The number of aromatic nitrogens is 1. The summed E-state index contributed by atoms with van der Waals surface area (Å²) in [5.41, 5.74) is 1.64. The van der Waals surface area contributed by atoms with E-state index in [2.05, 4.69) is 25.9 Å². The molecule has 2 rings (SSSR count). The Labute approximate surface area is 112 Å². The molecule has 0 amide bonds. The van der Waals surface area contributed by atoms with Gasteiger partial charge in [0.25, 0.3) is 0 Å². The number of pyridine rings is 1. The lowest BCUT2D eigenvalue weighted by Gasteiger charge is -1.98. The number of hydrogen-bond acceptors (Lipinski definition) is 3. The minimum absolute atomic E-state index is 0.218. The van der Waals surface area contributed by atoms with Crippen LogP contribution in [0, 0.1) is 0 Å². The molecule has 90 valence electrons. The van der Waals surface area contributed by atoms with Crippen LogP contribution in [-0.4, -0.2) is 22.3 Å². The van der Waals surface area contributed by atoms with Crippen LogP contribution in [-0.2, 0) is 0 Å². The fraction of sp³-hybridized carbons (Fsp3) is 0. The molecule has 0 fully saturated rings. The van der Waals surface area contributed by atoms with Crippen molar-refractivity contribution in [3.8, 4) is 0 Å². The Kier molecular flexibility index (Phi) is 3.84. The third-order valence-electron chi connectivity index (χ3n) is 2.23. The van der Waals surface area contributed by atoms with Crippen LogP contribution in [0.15, 0.2) is 52.2 Å². The summed E-state index contributed by atoms with van der Waals surface area (Å²) in [6.45, 7) is 0. The Morgan fingerprint density at radius 2 is 2.17 bits per heavy atom. The maximum atomic E-state index is 10.8. The Hall–Kier alpha value is -2.01. The van der Waals surface area contributed by atoms with Gasteiger partial charge < -0.3 is 5.11 Å². The standard InChI is InChI=1S/C13H9BrN2O2/c14-12-10(4-2-6-15-12)8-16-11-5-1-3-9(7-11)13(17)18/h1-8H,(H,17,18)/b16-8+. The topological polar surface area (TPSA) is 62.5 Å². The van der Waals surface area contributed by atoms with E-state index in [4.69, 9.17) is 5.11 Å². The summed E-state index contributed by atoms with van der Waals surface area (Å²) < 4.78 is 0.697. The third kappa shape index (κ3) is 3.01. The van der Waals surface area contributed by atoms with E-state index in [1.165, 1.54) is 12.1 Å². The van der Waals surface area contributed by atoms with E-state index in [9.17, 15) is 4.79 Å². The SMILES string of the molecule is O=C(O)c1cccc(/N=C/c2cccnc2Br)c1. The van der Waals surface area contributed by atoms with Crippen molar-refractivity contribution in [2.75, 3.05) is 0 Å². The molecule has 4 nitrogen and oxygen atoms in total. The van der Waals surface area contributed by atoms with Crippen molar-refractivity contribution in [1.82, 2.24) is 4.98 Å². The van der Waals surface area contributed by atoms with Crippen molar-refractivity contribution in [1.29, 1.82) is 0 Å². The number of benzene rings is 1. The highest BCUT2D eigenvalue weighted by Crippen LogP contribution is 2.16. The number of aromatic carboxylic acids is 1. The van der Waals surface area contributed by atoms with Gasteiger partial charge in [-0.05, 0) is 46.3 Å². The smallest absolute Gasteiger partial charge is 0.335 e. The first-order valence-electron chi connectivity index (χ1n) is 5.15. The molecule has 1 aromatic heterocycles. The summed E-state index contributed by atoms with van der Waals surface area (Å²) in [6.07, 6.45) is 3.31. The van der Waals surface area contributed by atoms with Crippen LogP contribution in [0.2, 0.25) is 0 Å². The van der Waals surface area contributed by atoms with Crippen molar-refractivity contribution in [3.05, 3.63) is 58.3 Å². The van der Waals surface area contributed by atoms with Gasteiger partial charge in [-0.1, -0.05) is 6.07 Å². The van der Waals surface area contributed by atoms with E-state index >= 15 is 0 Å². The predicted molar refractivity (Wildman–Crippen MR) is 72.6 cm³/mol. The van der Waals surface area contributed by atoms with Crippen molar-refractivity contribution < 1.29 is 9.90 Å². The van der Waals surface area contributed by atoms with E-state index < -0.39 is 5.97 Å². The zero-order valence-electron chi connectivity index (χ0n) is 9.25. The molecular weight excluding hydrogens is 296 g/mol. The third-order valence-corrected chi connectivity index (χ3v) is 2.90. The van der Waals surface area contributed by atoms with Crippen molar-refractivity contribution in [3.63, 3.8) is 0 Å². The van der Waals surface area contributed by atoms with E-state index in [-0.39, 0.29) is 5.56 Å². The summed E-state index contributed by atoms with van der Waals surface area (Å²) >= 11 is 3.31. The Bertz CT molecular complexity index is 611. The van der Waals surface area contributed by atoms with Crippen LogP contribution >= 0.6 is 15.9 Å². The van der Waals surface area contributed by atoms with E-state index in [1.54, 1.807) is 30.6 Å². The van der Waals surface area contributed by atoms with Crippen LogP contribution in [0.3, 0.4) is 0 Å². The minimum atomic E-state index is -0.963. The average Bonchev–Trinajstić information content (AvgIpc) is 2.38. The Morgan fingerprint density at radius 3 is 2.89 bits per heavy atom. The van der Waals surface area contributed by atoms with Gasteiger partial charge in [0.05, 0.1) is 11.3 Å². The number of rotatable bonds is 3. The number of hydrogen-bond donors (Lipinski definition) is 1. The van der Waals surface area contributed by atoms with E-state index in [0.717, 1.165) is 5.56 Å². The zero-order chi connectivity index (χ0) is 13.0. The first-order chi connectivity index (χ1) is 8.66. The number of carboxylic acid groups (broad SMARTS) is 1. The van der Waals surface area contributed by atoms with Crippen LogP contribution in [0.5, 0.6) is 0 Å². The summed E-state index contributed by atoms with van der Waals surface area (Å²) in [5.74, 6) is -0.963. The molecule has 18 heavy (non-hydrogen) atoms. The van der Waals surface area contributed by atoms with Gasteiger partial charge in [0, 0.05) is 18.0 Å². The van der Waals surface area contributed by atoms with Gasteiger partial charge in [0.15, 0.2) is 0 Å². The van der Waals surface area contributed by atoms with Crippen molar-refractivity contribution in [2.45, 2.75) is 0 Å². The Balaban J connectivity index is 2.27. The van der Waals surface area contributed by atoms with Gasteiger partial charge in [0.2, 0.25) is 0 Å². The van der Waals surface area contributed by atoms with Crippen LogP contribution < -0.4 is 0 Å². The second kappa shape index (κ2) is 5.55. The number of carboxylic acids is 1. The molecule has 1 N–H and O–H groups in total. The molecule has 2 aromatic rings. The highest BCUT2D eigenvalue weighted by molar-refractivity contribution is 9.10. The van der Waals surface area contributed by atoms with Gasteiger partial charge in [-0.25, -0.2) is 9.78 Å². The van der Waals surface area contributed by atoms with Gasteiger partial charge in [-0.15, -0.1) is 0 Å². The monoisotopic (exact) mass is 304 g/mol. The second-order valence-electron chi connectivity index (χ2n) is 3.50. The Morgan fingerprint density at radius 1 is 1.33 bits per heavy atom. The molecule has 1 heterocycles. The largest absolute Gasteiger partial charge is 0.478 e. The van der Waals surface area contributed by atoms with Crippen LogP contribution in [0.25, 0.3) is 0 Å². The van der Waals surface area contributed by atoms with Gasteiger partial charge >= 0.3 is 5.97 Å². The fourth-order valence-electron chi connectivity index (χ4n) is 1.36. The first kappa shape index (κ1) is 12.4. The molecule has 0 spiro atoms. The highest BCUT2D eigenvalue weighted by Gasteiger charge is 2.02. The van der Waals surface area contributed by atoms with Crippen molar-refractivity contribution >= 4 is 33.8 Å². The highest BCUT2D eigenvalue weighted by atomic mass is 79.9. The molecule has 5 heteroatoms. The predicted octanol–water partition coefficient (Wildman–Crippen LogP) is 3.29. The maximum absolute atomic E-state index is 10.8. The maximum Gasteiger partial charge on any atom is 0.335 e. The minimum Gasteiger partial charge on any atom is -0.478 e. The first-order valence-corrected chi connectivity index (χ1v) is 5.94. The summed E-state index contributed by atoms with van der Waals surface area (Å²) in [6, 6.07) is 10.1. The van der Waals surface area contributed by atoms with Gasteiger partial charge in [0.1, 0.15) is 4.60 Å². The normalized spacial score (nSPS) is 10.7. The van der Waals surface area contributed by atoms with Gasteiger partial charge in [-0.3, -0.25) is 4.99 Å². The molecular formula is C13H9BrN2O2. The summed E-state index contributed by atoms with van der Waals surface area (Å²) in [5, 5.41) is 8.87. The number of aliphatic imine (C=N–C) groups is 1. The molecule has 0 aliphatic heterocycles. The molecule has 0 aliphatic rings. The summed E-state index contributed by atoms with van der Waals surface area (Å²) in [4.78, 5) is 19.1. The van der Waals surface area contributed by atoms with Gasteiger partial charge in [-0.2, -0.15) is 0 Å². The quantitative estimate of drug-likeness (QED) is 0.699. The van der Waals surface area contributed by atoms with Crippen LogP contribution in [0.1, 0.15) is 15.9 Å². The molecule has 0 bridgehead atoms. The molecule has 0 unspecified atom stereocenters. The zero-order valence-corrected chi connectivity index (χ0v) is 10.8. The number of nitrogens with zero attached hydrogens (tertiary/aromatic N) is 2. The molecule has 0 aliphatic carbocycles. The fourth-order valence-corrected chi connectivity index (χ4v) is 1.71. The van der Waals surface area contributed by atoms with E-state index in [0.29, 0.717) is 10.3 Å². The number of carbonyl (C=O) groups is 1. The van der Waals surface area contributed by atoms with Crippen molar-refractivity contribution in [2.24, 2.45) is 4.99 Å². The number of halogens is 1. The lowest BCUT2D eigenvalue weighted by Crippen LogP contribution is -1.94. The molecule has 0 atom stereocenters. The van der Waals surface area contributed by atoms with Crippen LogP contribution in [0.4, 0.5) is 5.69 Å². The molecule has 1 aromatic carbocycles. The lowest BCUT2D eigenvalue weighted by molar-refractivity contribution is 0.0697. The lowest BCUT2D eigenvalue weighted by atomic mass is 10.2. The van der Waals surface area contributed by atoms with E-state index in [1.807, 2.05) is 6.07 Å². The second-order valence-corrected chi connectivity index (χ2v) is 4.25. The molecule has 0 saturated carbocycles. The summed E-state index contributed by atoms with van der Waals surface area (Å²) in [7, 11) is 0.